The summed E-state index contributed by atoms with van der Waals surface area (Å²) in [5, 5.41) is 9.11. The zero-order chi connectivity index (χ0) is 10.2. The van der Waals surface area contributed by atoms with E-state index in [-0.39, 0.29) is 11.6 Å². The van der Waals surface area contributed by atoms with Crippen molar-refractivity contribution in [1.82, 2.24) is 0 Å². The van der Waals surface area contributed by atoms with Crippen molar-refractivity contribution in [3.63, 3.8) is 0 Å². The van der Waals surface area contributed by atoms with Crippen LogP contribution in [0.2, 0.25) is 5.04 Å². The number of rotatable bonds is 8. The lowest BCUT2D eigenvalue weighted by atomic mass is 9.96. The van der Waals surface area contributed by atoms with Crippen LogP contribution in [-0.2, 0) is 4.43 Å². The predicted molar refractivity (Wildman–Crippen MR) is 59.6 cm³/mol. The van der Waals surface area contributed by atoms with Crippen molar-refractivity contribution in [1.29, 1.82) is 0 Å². The van der Waals surface area contributed by atoms with Gasteiger partial charge in [-0.05, 0) is 24.3 Å². The molecule has 0 radical (unpaired) electrons. The van der Waals surface area contributed by atoms with Crippen molar-refractivity contribution in [2.24, 2.45) is 0 Å². The molecular formula is C10H20O2Si. The SMILES string of the molecule is C=CCC(CC=C)(CCO)[SiH2]OC. The van der Waals surface area contributed by atoms with Gasteiger partial charge in [-0.25, -0.2) is 0 Å². The molecule has 0 saturated carbocycles. The van der Waals surface area contributed by atoms with E-state index in [0.717, 1.165) is 19.3 Å². The Morgan fingerprint density at radius 2 is 1.92 bits per heavy atom. The Morgan fingerprint density at radius 1 is 1.38 bits per heavy atom. The molecule has 0 aromatic rings. The molecule has 0 unspecified atom stereocenters. The van der Waals surface area contributed by atoms with Crippen LogP contribution in [0.5, 0.6) is 0 Å². The normalized spacial score (nSPS) is 12.2. The van der Waals surface area contributed by atoms with Crippen LogP contribution in [0.25, 0.3) is 0 Å². The average molecular weight is 200 g/mol. The number of hydrogen-bond acceptors (Lipinski definition) is 2. The standard InChI is InChI=1S/C10H20O2Si/c1-4-6-10(7-5-2,8-9-11)13-12-3/h4-5,11H,1-2,6-9,13H2,3H3. The lowest BCUT2D eigenvalue weighted by Crippen LogP contribution is -2.22. The first-order chi connectivity index (χ1) is 6.24. The smallest absolute Gasteiger partial charge is 0.167 e. The molecule has 0 amide bonds. The van der Waals surface area contributed by atoms with Crippen LogP contribution >= 0.6 is 0 Å². The molecular weight excluding hydrogens is 180 g/mol. The van der Waals surface area contributed by atoms with Crippen molar-refractivity contribution in [2.75, 3.05) is 13.7 Å². The molecule has 3 heteroatoms. The van der Waals surface area contributed by atoms with E-state index in [9.17, 15) is 0 Å². The molecule has 0 rings (SSSR count). The molecule has 2 nitrogen and oxygen atoms in total. The fraction of sp³-hybridized carbons (Fsp3) is 0.600. The highest BCUT2D eigenvalue weighted by atomic mass is 28.2. The number of allylic oxidation sites excluding steroid dienone is 2. The highest BCUT2D eigenvalue weighted by Gasteiger charge is 2.27. The monoisotopic (exact) mass is 200 g/mol. The van der Waals surface area contributed by atoms with Gasteiger partial charge >= 0.3 is 0 Å². The summed E-state index contributed by atoms with van der Waals surface area (Å²) in [5.74, 6) is 0. The third kappa shape index (κ3) is 4.41. The summed E-state index contributed by atoms with van der Waals surface area (Å²) in [5.41, 5.74) is 0. The van der Waals surface area contributed by atoms with Crippen molar-refractivity contribution < 1.29 is 9.53 Å². The van der Waals surface area contributed by atoms with Gasteiger partial charge < -0.3 is 9.53 Å². The van der Waals surface area contributed by atoms with E-state index < -0.39 is 9.76 Å². The van der Waals surface area contributed by atoms with Gasteiger partial charge in [-0.2, -0.15) is 0 Å². The van der Waals surface area contributed by atoms with Crippen LogP contribution in [0.15, 0.2) is 25.3 Å². The molecule has 0 spiro atoms. The first-order valence-corrected chi connectivity index (χ1v) is 5.84. The minimum atomic E-state index is -0.607. The van der Waals surface area contributed by atoms with Gasteiger partial charge in [-0.3, -0.25) is 0 Å². The Labute approximate surface area is 83.2 Å². The fourth-order valence-electron chi connectivity index (χ4n) is 1.63. The van der Waals surface area contributed by atoms with Gasteiger partial charge in [0, 0.05) is 13.7 Å². The summed E-state index contributed by atoms with van der Waals surface area (Å²) in [7, 11) is 1.13. The van der Waals surface area contributed by atoms with E-state index in [1.54, 1.807) is 7.11 Å². The Hall–Kier alpha value is -0.383. The van der Waals surface area contributed by atoms with Gasteiger partial charge in [-0.1, -0.05) is 12.2 Å². The molecule has 0 aromatic heterocycles. The Balaban J connectivity index is 4.35. The number of aliphatic hydroxyl groups excluding tert-OH is 1. The third-order valence-electron chi connectivity index (χ3n) is 2.25. The number of hydrogen-bond donors (Lipinski definition) is 1. The summed E-state index contributed by atoms with van der Waals surface area (Å²) in [6.45, 7) is 7.71. The highest BCUT2D eigenvalue weighted by Crippen LogP contribution is 2.38. The second-order valence-electron chi connectivity index (χ2n) is 3.39. The van der Waals surface area contributed by atoms with Crippen molar-refractivity contribution in [2.45, 2.75) is 24.3 Å². The average Bonchev–Trinajstić information content (AvgIpc) is 2.06. The van der Waals surface area contributed by atoms with E-state index >= 15 is 0 Å². The first-order valence-electron chi connectivity index (χ1n) is 4.56. The molecule has 0 heterocycles. The van der Waals surface area contributed by atoms with Gasteiger partial charge in [-0.15, -0.1) is 13.2 Å². The van der Waals surface area contributed by atoms with E-state index in [1.807, 2.05) is 12.2 Å². The van der Waals surface area contributed by atoms with Gasteiger partial charge in [0.2, 0.25) is 0 Å². The summed E-state index contributed by atoms with van der Waals surface area (Å²) < 4.78 is 5.30. The maximum Gasteiger partial charge on any atom is 0.167 e. The van der Waals surface area contributed by atoms with Gasteiger partial charge in [0.05, 0.1) is 0 Å². The van der Waals surface area contributed by atoms with Crippen molar-refractivity contribution in [3.8, 4) is 0 Å². The quantitative estimate of drug-likeness (QED) is 0.474. The summed E-state index contributed by atoms with van der Waals surface area (Å²) in [6.07, 6.45) is 6.45. The van der Waals surface area contributed by atoms with Crippen LogP contribution in [0, 0.1) is 0 Å². The van der Waals surface area contributed by atoms with Crippen molar-refractivity contribution >= 4 is 9.76 Å². The maximum atomic E-state index is 8.98. The maximum absolute atomic E-state index is 8.98. The van der Waals surface area contributed by atoms with Crippen LogP contribution in [0.4, 0.5) is 0 Å². The van der Waals surface area contributed by atoms with E-state index in [2.05, 4.69) is 13.2 Å². The van der Waals surface area contributed by atoms with E-state index in [4.69, 9.17) is 9.53 Å². The molecule has 0 fully saturated rings. The Bertz CT molecular complexity index is 139. The summed E-state index contributed by atoms with van der Waals surface area (Å²) >= 11 is 0. The zero-order valence-corrected chi connectivity index (χ0v) is 9.87. The van der Waals surface area contributed by atoms with Crippen LogP contribution in [-0.4, -0.2) is 28.6 Å². The highest BCUT2D eigenvalue weighted by molar-refractivity contribution is 6.32. The minimum absolute atomic E-state index is 0.132. The molecule has 13 heavy (non-hydrogen) atoms. The van der Waals surface area contributed by atoms with Gasteiger partial charge in [0.25, 0.3) is 0 Å². The molecule has 0 aliphatic rings. The second kappa shape index (κ2) is 7.06. The van der Waals surface area contributed by atoms with Crippen molar-refractivity contribution in [3.05, 3.63) is 25.3 Å². The van der Waals surface area contributed by atoms with E-state index in [0.29, 0.717) is 0 Å². The second-order valence-corrected chi connectivity index (χ2v) is 5.76. The summed E-state index contributed by atoms with van der Waals surface area (Å²) in [6, 6.07) is 0. The molecule has 0 aliphatic carbocycles. The minimum Gasteiger partial charge on any atom is -0.427 e. The lowest BCUT2D eigenvalue weighted by Gasteiger charge is -2.29. The third-order valence-corrected chi connectivity index (χ3v) is 4.08. The lowest BCUT2D eigenvalue weighted by molar-refractivity contribution is 0.253. The summed E-state index contributed by atoms with van der Waals surface area (Å²) in [4.78, 5) is 0. The van der Waals surface area contributed by atoms with Crippen LogP contribution in [0.3, 0.4) is 0 Å². The molecule has 0 saturated heterocycles. The zero-order valence-electron chi connectivity index (χ0n) is 8.46. The van der Waals surface area contributed by atoms with Crippen LogP contribution in [0.1, 0.15) is 19.3 Å². The molecule has 1 N–H and O–H groups in total. The van der Waals surface area contributed by atoms with Gasteiger partial charge in [0.15, 0.2) is 9.76 Å². The molecule has 0 atom stereocenters. The van der Waals surface area contributed by atoms with Crippen LogP contribution < -0.4 is 0 Å². The first kappa shape index (κ1) is 12.6. The topological polar surface area (TPSA) is 29.5 Å². The van der Waals surface area contributed by atoms with E-state index in [1.165, 1.54) is 0 Å². The molecule has 0 aliphatic heterocycles. The number of aliphatic hydroxyl groups is 1. The largest absolute Gasteiger partial charge is 0.427 e. The Kier molecular flexibility index (Phi) is 6.85. The molecule has 76 valence electrons. The van der Waals surface area contributed by atoms with Gasteiger partial charge in [0.1, 0.15) is 0 Å². The Morgan fingerprint density at radius 3 is 2.23 bits per heavy atom. The fourth-order valence-corrected chi connectivity index (χ4v) is 3.19. The molecule has 0 aromatic carbocycles. The molecule has 0 bridgehead atoms. The predicted octanol–water partition coefficient (Wildman–Crippen LogP) is 1.41.